The lowest BCUT2D eigenvalue weighted by molar-refractivity contribution is 0.179. The predicted molar refractivity (Wildman–Crippen MR) is 81.2 cm³/mol. The Balaban J connectivity index is 2.12. The van der Waals surface area contributed by atoms with Crippen molar-refractivity contribution in [1.82, 2.24) is 9.80 Å². The van der Waals surface area contributed by atoms with Gasteiger partial charge in [0.25, 0.3) is 0 Å². The maximum absolute atomic E-state index is 13.5. The first kappa shape index (κ1) is 15.4. The van der Waals surface area contributed by atoms with Crippen molar-refractivity contribution in [2.24, 2.45) is 5.73 Å². The maximum atomic E-state index is 13.5. The van der Waals surface area contributed by atoms with Gasteiger partial charge in [-0.15, -0.1) is 0 Å². The van der Waals surface area contributed by atoms with Crippen LogP contribution in [-0.4, -0.2) is 49.6 Å². The third-order valence-corrected chi connectivity index (χ3v) is 4.53. The van der Waals surface area contributed by atoms with Crippen LogP contribution in [0.15, 0.2) is 18.2 Å². The molecule has 1 saturated heterocycles. The third kappa shape index (κ3) is 3.37. The molecule has 1 aliphatic rings. The van der Waals surface area contributed by atoms with Crippen molar-refractivity contribution >= 4 is 0 Å². The van der Waals surface area contributed by atoms with Gasteiger partial charge in [-0.1, -0.05) is 6.07 Å². The van der Waals surface area contributed by atoms with Crippen LogP contribution < -0.4 is 5.73 Å². The van der Waals surface area contributed by atoms with Crippen molar-refractivity contribution in [3.8, 4) is 0 Å². The standard InChI is InChI=1S/C16H26FN3/c1-12-6-7-13(17)9-15(12)16(10-18)20(3)11-14-5-4-8-19(14)2/h6-7,9,14,16H,4-5,8,10-11,18H2,1-3H3. The lowest BCUT2D eigenvalue weighted by Crippen LogP contribution is -2.40. The molecule has 0 aromatic heterocycles. The van der Waals surface area contributed by atoms with Gasteiger partial charge in [0.05, 0.1) is 0 Å². The molecule has 4 heteroatoms. The summed E-state index contributed by atoms with van der Waals surface area (Å²) in [5, 5.41) is 0. The zero-order valence-corrected chi connectivity index (χ0v) is 12.8. The highest BCUT2D eigenvalue weighted by atomic mass is 19.1. The lowest BCUT2D eigenvalue weighted by atomic mass is 9.99. The minimum Gasteiger partial charge on any atom is -0.329 e. The van der Waals surface area contributed by atoms with E-state index in [4.69, 9.17) is 5.73 Å². The van der Waals surface area contributed by atoms with Crippen molar-refractivity contribution in [3.05, 3.63) is 35.1 Å². The zero-order valence-electron chi connectivity index (χ0n) is 12.8. The summed E-state index contributed by atoms with van der Waals surface area (Å²) >= 11 is 0. The first-order chi connectivity index (χ1) is 9.52. The molecule has 1 heterocycles. The molecule has 0 amide bonds. The molecule has 3 nitrogen and oxygen atoms in total. The molecule has 0 bridgehead atoms. The smallest absolute Gasteiger partial charge is 0.123 e. The number of nitrogens with zero attached hydrogens (tertiary/aromatic N) is 2. The molecule has 0 saturated carbocycles. The Labute approximate surface area is 121 Å². The van der Waals surface area contributed by atoms with E-state index in [1.54, 1.807) is 6.07 Å². The van der Waals surface area contributed by atoms with Crippen LogP contribution in [0.25, 0.3) is 0 Å². The van der Waals surface area contributed by atoms with Crippen LogP contribution in [0.5, 0.6) is 0 Å². The zero-order chi connectivity index (χ0) is 14.7. The summed E-state index contributed by atoms with van der Waals surface area (Å²) in [7, 11) is 4.27. The van der Waals surface area contributed by atoms with E-state index in [0.717, 1.165) is 17.7 Å². The summed E-state index contributed by atoms with van der Waals surface area (Å²) < 4.78 is 13.5. The second-order valence-corrected chi connectivity index (χ2v) is 5.97. The van der Waals surface area contributed by atoms with Crippen molar-refractivity contribution < 1.29 is 4.39 Å². The molecule has 112 valence electrons. The summed E-state index contributed by atoms with van der Waals surface area (Å²) in [6, 6.07) is 5.64. The monoisotopic (exact) mass is 279 g/mol. The molecule has 1 aromatic carbocycles. The minimum absolute atomic E-state index is 0.0831. The Morgan fingerprint density at radius 2 is 2.25 bits per heavy atom. The maximum Gasteiger partial charge on any atom is 0.123 e. The van der Waals surface area contributed by atoms with Gasteiger partial charge in [-0.2, -0.15) is 0 Å². The molecule has 2 atom stereocenters. The van der Waals surface area contributed by atoms with Gasteiger partial charge in [0.2, 0.25) is 0 Å². The Morgan fingerprint density at radius 1 is 1.50 bits per heavy atom. The molecule has 2 unspecified atom stereocenters. The van der Waals surface area contributed by atoms with E-state index in [1.165, 1.54) is 25.5 Å². The van der Waals surface area contributed by atoms with Crippen molar-refractivity contribution in [2.75, 3.05) is 33.7 Å². The Kier molecular flexibility index (Phi) is 5.13. The SMILES string of the molecule is Cc1ccc(F)cc1C(CN)N(C)CC1CCCN1C. The third-order valence-electron chi connectivity index (χ3n) is 4.53. The number of hydrogen-bond donors (Lipinski definition) is 1. The second kappa shape index (κ2) is 6.66. The topological polar surface area (TPSA) is 32.5 Å². The highest BCUT2D eigenvalue weighted by molar-refractivity contribution is 5.30. The van der Waals surface area contributed by atoms with Crippen molar-refractivity contribution in [2.45, 2.75) is 31.8 Å². The number of nitrogens with two attached hydrogens (primary N) is 1. The van der Waals surface area contributed by atoms with E-state index in [-0.39, 0.29) is 11.9 Å². The molecule has 0 aliphatic carbocycles. The molecule has 2 N–H and O–H groups in total. The van der Waals surface area contributed by atoms with E-state index in [1.807, 2.05) is 13.0 Å². The van der Waals surface area contributed by atoms with E-state index in [2.05, 4.69) is 23.9 Å². The van der Waals surface area contributed by atoms with Crippen LogP contribution in [0.2, 0.25) is 0 Å². The quantitative estimate of drug-likeness (QED) is 0.896. The summed E-state index contributed by atoms with van der Waals surface area (Å²) in [5.41, 5.74) is 8.07. The fourth-order valence-corrected chi connectivity index (χ4v) is 3.18. The molecular weight excluding hydrogens is 253 g/mol. The molecule has 20 heavy (non-hydrogen) atoms. The molecule has 0 radical (unpaired) electrons. The highest BCUT2D eigenvalue weighted by Crippen LogP contribution is 2.25. The molecule has 0 spiro atoms. The Morgan fingerprint density at radius 3 is 2.85 bits per heavy atom. The first-order valence-corrected chi connectivity index (χ1v) is 7.39. The fourth-order valence-electron chi connectivity index (χ4n) is 3.18. The van der Waals surface area contributed by atoms with E-state index < -0.39 is 0 Å². The van der Waals surface area contributed by atoms with Gasteiger partial charge < -0.3 is 10.6 Å². The predicted octanol–water partition coefficient (Wildman–Crippen LogP) is 2.16. The molecule has 1 aromatic rings. The van der Waals surface area contributed by atoms with Gasteiger partial charge in [0, 0.05) is 25.2 Å². The Hall–Kier alpha value is -0.970. The molecule has 1 aliphatic heterocycles. The summed E-state index contributed by atoms with van der Waals surface area (Å²) in [4.78, 5) is 4.68. The second-order valence-electron chi connectivity index (χ2n) is 5.97. The number of halogens is 1. The number of likely N-dealkylation sites (N-methyl/N-ethyl adjacent to an activating group) is 2. The molecular formula is C16H26FN3. The molecule has 1 fully saturated rings. The fraction of sp³-hybridized carbons (Fsp3) is 0.625. The summed E-state index contributed by atoms with van der Waals surface area (Å²) in [5.74, 6) is -0.185. The van der Waals surface area contributed by atoms with Crippen LogP contribution in [-0.2, 0) is 0 Å². The summed E-state index contributed by atoms with van der Waals surface area (Å²) in [6.07, 6.45) is 2.50. The van der Waals surface area contributed by atoms with Crippen molar-refractivity contribution in [1.29, 1.82) is 0 Å². The van der Waals surface area contributed by atoms with E-state index in [9.17, 15) is 4.39 Å². The van der Waals surface area contributed by atoms with Crippen LogP contribution in [0.4, 0.5) is 4.39 Å². The number of benzene rings is 1. The Bertz CT molecular complexity index is 449. The van der Waals surface area contributed by atoms with Gasteiger partial charge in [-0.3, -0.25) is 4.90 Å². The lowest BCUT2D eigenvalue weighted by Gasteiger charge is -2.32. The number of hydrogen-bond acceptors (Lipinski definition) is 3. The van der Waals surface area contributed by atoms with Gasteiger partial charge >= 0.3 is 0 Å². The van der Waals surface area contributed by atoms with E-state index >= 15 is 0 Å². The van der Waals surface area contributed by atoms with Gasteiger partial charge in [-0.25, -0.2) is 4.39 Å². The van der Waals surface area contributed by atoms with Gasteiger partial charge in [0.15, 0.2) is 0 Å². The first-order valence-electron chi connectivity index (χ1n) is 7.39. The van der Waals surface area contributed by atoms with Crippen molar-refractivity contribution in [3.63, 3.8) is 0 Å². The van der Waals surface area contributed by atoms with Crippen LogP contribution in [0, 0.1) is 12.7 Å². The van der Waals surface area contributed by atoms with Gasteiger partial charge in [-0.05, 0) is 63.7 Å². The minimum atomic E-state index is -0.185. The largest absolute Gasteiger partial charge is 0.329 e. The summed E-state index contributed by atoms with van der Waals surface area (Å²) in [6.45, 7) is 4.68. The number of likely N-dealkylation sites (tertiary alicyclic amines) is 1. The normalized spacial score (nSPS) is 21.6. The van der Waals surface area contributed by atoms with Crippen LogP contribution in [0.3, 0.4) is 0 Å². The molecule has 2 rings (SSSR count). The van der Waals surface area contributed by atoms with Crippen LogP contribution >= 0.6 is 0 Å². The number of rotatable bonds is 5. The highest BCUT2D eigenvalue weighted by Gasteiger charge is 2.26. The average Bonchev–Trinajstić information content (AvgIpc) is 2.80. The number of aryl methyl sites for hydroxylation is 1. The van der Waals surface area contributed by atoms with Gasteiger partial charge in [0.1, 0.15) is 5.82 Å². The van der Waals surface area contributed by atoms with Crippen LogP contribution in [0.1, 0.15) is 30.0 Å². The van der Waals surface area contributed by atoms with E-state index in [0.29, 0.717) is 12.6 Å². The average molecular weight is 279 g/mol.